The second kappa shape index (κ2) is 4.99. The van der Waals surface area contributed by atoms with Gasteiger partial charge in [0.25, 0.3) is 0 Å². The van der Waals surface area contributed by atoms with Crippen molar-refractivity contribution in [2.45, 2.75) is 0 Å². The molecule has 0 radical (unpaired) electrons. The summed E-state index contributed by atoms with van der Waals surface area (Å²) in [5.74, 6) is -6.65. The molecule has 9 heteroatoms. The number of phenolic OH excluding ortho intramolecular Hbond substituents is 2. The second-order valence-electron chi connectivity index (χ2n) is 5.45. The molecule has 9 nitrogen and oxygen atoms in total. The average Bonchev–Trinajstić information content (AvgIpc) is 3.04. The highest BCUT2D eigenvalue weighted by Crippen LogP contribution is 2.37. The molecule has 2 aliphatic rings. The fraction of sp³-hybridized carbons (Fsp3) is 0. The second-order valence-corrected chi connectivity index (χ2v) is 5.45. The first-order valence-corrected chi connectivity index (χ1v) is 7.11. The van der Waals surface area contributed by atoms with Crippen LogP contribution in [0, 0.1) is 0 Å². The number of ether oxygens (including phenoxy) is 2. The van der Waals surface area contributed by atoms with Gasteiger partial charge < -0.3 is 19.7 Å². The molecule has 0 saturated carbocycles. The molecule has 128 valence electrons. The van der Waals surface area contributed by atoms with Crippen molar-refractivity contribution >= 4 is 29.7 Å². The molecule has 4 rings (SSSR count). The zero-order valence-corrected chi connectivity index (χ0v) is 12.6. The van der Waals surface area contributed by atoms with Gasteiger partial charge in [-0.05, 0) is 24.3 Å². The highest BCUT2D eigenvalue weighted by molar-refractivity contribution is 6.22. The maximum Gasteiger partial charge on any atom is 0.350 e. The van der Waals surface area contributed by atoms with Gasteiger partial charge in [-0.1, -0.05) is 0 Å². The Bertz CT molecular complexity index is 1010. The molecule has 0 fully saturated rings. The monoisotopic (exact) mass is 354 g/mol. The summed E-state index contributed by atoms with van der Waals surface area (Å²) in [6, 6.07) is 4.40. The van der Waals surface area contributed by atoms with Crippen LogP contribution in [0.15, 0.2) is 24.3 Å². The molecule has 26 heavy (non-hydrogen) atoms. The number of benzene rings is 2. The van der Waals surface area contributed by atoms with Crippen LogP contribution in [0.4, 0.5) is 0 Å². The van der Waals surface area contributed by atoms with E-state index in [0.29, 0.717) is 0 Å². The maximum atomic E-state index is 12.7. The normalized spacial score (nSPS) is 14.8. The number of ketones is 1. The SMILES string of the molecule is O=C(c1ccc2c(c1O)C(=O)OC2=O)c1ccc2c(c1O)C(=O)OC2=O. The van der Waals surface area contributed by atoms with Crippen LogP contribution in [-0.2, 0) is 9.47 Å². The zero-order chi connectivity index (χ0) is 18.7. The van der Waals surface area contributed by atoms with Crippen LogP contribution in [0.2, 0.25) is 0 Å². The molecular weight excluding hydrogens is 348 g/mol. The Hall–Kier alpha value is -4.01. The van der Waals surface area contributed by atoms with E-state index in [1.54, 1.807) is 0 Å². The number of esters is 4. The van der Waals surface area contributed by atoms with Gasteiger partial charge in [0.15, 0.2) is 0 Å². The predicted octanol–water partition coefficient (Wildman–Crippen LogP) is 0.950. The highest BCUT2D eigenvalue weighted by atomic mass is 16.6. The molecule has 0 saturated heterocycles. The Morgan fingerprint density at radius 2 is 1.04 bits per heavy atom. The van der Waals surface area contributed by atoms with E-state index in [4.69, 9.17) is 0 Å². The third-order valence-corrected chi connectivity index (χ3v) is 4.06. The number of hydrogen-bond donors (Lipinski definition) is 2. The Labute approximate surface area is 143 Å². The molecule has 2 aromatic carbocycles. The van der Waals surface area contributed by atoms with E-state index in [9.17, 15) is 34.2 Å². The van der Waals surface area contributed by atoms with Gasteiger partial charge in [-0.3, -0.25) is 4.79 Å². The third kappa shape index (κ3) is 1.88. The van der Waals surface area contributed by atoms with Gasteiger partial charge in [0.05, 0.1) is 22.3 Å². The van der Waals surface area contributed by atoms with Gasteiger partial charge in [-0.15, -0.1) is 0 Å². The van der Waals surface area contributed by atoms with Crippen LogP contribution in [0.3, 0.4) is 0 Å². The molecule has 0 amide bonds. The fourth-order valence-corrected chi connectivity index (χ4v) is 2.83. The Morgan fingerprint density at radius 1 is 0.654 bits per heavy atom. The molecule has 0 aromatic heterocycles. The number of aromatic hydroxyl groups is 2. The minimum absolute atomic E-state index is 0.198. The van der Waals surface area contributed by atoms with E-state index in [0.717, 1.165) is 24.3 Å². The quantitative estimate of drug-likeness (QED) is 0.457. The van der Waals surface area contributed by atoms with E-state index < -0.39 is 63.4 Å². The molecule has 0 spiro atoms. The molecule has 2 N–H and O–H groups in total. The number of cyclic esters (lactones) is 4. The molecule has 2 aromatic rings. The first kappa shape index (κ1) is 15.5. The van der Waals surface area contributed by atoms with Gasteiger partial charge in [0.1, 0.15) is 22.6 Å². The van der Waals surface area contributed by atoms with Crippen molar-refractivity contribution in [2.75, 3.05) is 0 Å². The summed E-state index contributed by atoms with van der Waals surface area (Å²) >= 11 is 0. The van der Waals surface area contributed by atoms with Gasteiger partial charge in [0.2, 0.25) is 5.78 Å². The number of hydrogen-bond acceptors (Lipinski definition) is 9. The lowest BCUT2D eigenvalue weighted by Crippen LogP contribution is -2.07. The summed E-state index contributed by atoms with van der Waals surface area (Å²) < 4.78 is 8.73. The van der Waals surface area contributed by atoms with Gasteiger partial charge in [0, 0.05) is 0 Å². The lowest BCUT2D eigenvalue weighted by atomic mass is 9.94. The van der Waals surface area contributed by atoms with Crippen molar-refractivity contribution < 1.29 is 43.7 Å². The zero-order valence-electron chi connectivity index (χ0n) is 12.6. The summed E-state index contributed by atoms with van der Waals surface area (Å²) in [5.41, 5.74) is -2.12. The minimum atomic E-state index is -1.11. The third-order valence-electron chi connectivity index (χ3n) is 4.06. The Morgan fingerprint density at radius 3 is 1.42 bits per heavy atom. The van der Waals surface area contributed by atoms with E-state index in [1.807, 2.05) is 0 Å². The Kier molecular flexibility index (Phi) is 2.98. The summed E-state index contributed by atoms with van der Waals surface area (Å²) in [4.78, 5) is 58.9. The van der Waals surface area contributed by atoms with Gasteiger partial charge >= 0.3 is 23.9 Å². The number of carbonyl (C=O) groups excluding carboxylic acids is 5. The van der Waals surface area contributed by atoms with Crippen molar-refractivity contribution in [2.24, 2.45) is 0 Å². The molecule has 0 aliphatic carbocycles. The predicted molar refractivity (Wildman–Crippen MR) is 79.1 cm³/mol. The summed E-state index contributed by atoms with van der Waals surface area (Å²) in [6.07, 6.45) is 0. The Balaban J connectivity index is 1.86. The average molecular weight is 354 g/mol. The van der Waals surface area contributed by atoms with Gasteiger partial charge in [-0.25, -0.2) is 19.2 Å². The van der Waals surface area contributed by atoms with Crippen molar-refractivity contribution in [3.8, 4) is 11.5 Å². The van der Waals surface area contributed by atoms with E-state index >= 15 is 0 Å². The summed E-state index contributed by atoms with van der Waals surface area (Å²) in [7, 11) is 0. The van der Waals surface area contributed by atoms with Crippen molar-refractivity contribution in [1.82, 2.24) is 0 Å². The van der Waals surface area contributed by atoms with Crippen molar-refractivity contribution in [3.63, 3.8) is 0 Å². The minimum Gasteiger partial charge on any atom is -0.506 e. The number of phenols is 2. The lowest BCUT2D eigenvalue weighted by Gasteiger charge is -2.08. The van der Waals surface area contributed by atoms with E-state index in [1.165, 1.54) is 0 Å². The van der Waals surface area contributed by atoms with Crippen LogP contribution in [0.25, 0.3) is 0 Å². The highest BCUT2D eigenvalue weighted by Gasteiger charge is 2.37. The largest absolute Gasteiger partial charge is 0.506 e. The first-order chi connectivity index (χ1) is 12.3. The van der Waals surface area contributed by atoms with Crippen LogP contribution in [0.5, 0.6) is 11.5 Å². The van der Waals surface area contributed by atoms with Gasteiger partial charge in [-0.2, -0.15) is 0 Å². The fourth-order valence-electron chi connectivity index (χ4n) is 2.83. The standard InChI is InChI=1S/C17H6O9/c18-11(7-3-1-5-9(12(7)19)16(23)25-14(5)21)8-4-2-6-10(13(8)20)17(24)26-15(6)22/h1-4,19-20H. The summed E-state index contributed by atoms with van der Waals surface area (Å²) in [5, 5.41) is 20.4. The molecule has 2 heterocycles. The van der Waals surface area contributed by atoms with Crippen LogP contribution in [0.1, 0.15) is 57.4 Å². The van der Waals surface area contributed by atoms with Crippen molar-refractivity contribution in [1.29, 1.82) is 0 Å². The smallest absolute Gasteiger partial charge is 0.350 e. The van der Waals surface area contributed by atoms with Crippen LogP contribution >= 0.6 is 0 Å². The molecule has 0 atom stereocenters. The topological polar surface area (TPSA) is 144 Å². The lowest BCUT2D eigenvalue weighted by molar-refractivity contribution is 0.0424. The van der Waals surface area contributed by atoms with Crippen LogP contribution in [-0.4, -0.2) is 39.9 Å². The van der Waals surface area contributed by atoms with E-state index in [-0.39, 0.29) is 11.1 Å². The number of fused-ring (bicyclic) bond motifs is 2. The number of carbonyl (C=O) groups is 5. The van der Waals surface area contributed by atoms with Crippen LogP contribution < -0.4 is 0 Å². The maximum absolute atomic E-state index is 12.7. The molecular formula is C17H6O9. The summed E-state index contributed by atoms with van der Waals surface area (Å²) in [6.45, 7) is 0. The first-order valence-electron chi connectivity index (χ1n) is 7.11. The molecule has 2 aliphatic heterocycles. The number of rotatable bonds is 2. The van der Waals surface area contributed by atoms with Crippen molar-refractivity contribution in [3.05, 3.63) is 57.6 Å². The molecule has 0 bridgehead atoms. The molecule has 0 unspecified atom stereocenters. The van der Waals surface area contributed by atoms with E-state index in [2.05, 4.69) is 9.47 Å².